The number of piperazine rings is 1. The molecule has 1 aliphatic rings. The van der Waals surface area contributed by atoms with Gasteiger partial charge in [0.15, 0.2) is 0 Å². The summed E-state index contributed by atoms with van der Waals surface area (Å²) >= 11 is 0. The van der Waals surface area contributed by atoms with Gasteiger partial charge in [0.05, 0.1) is 6.42 Å². The van der Waals surface area contributed by atoms with Crippen LogP contribution in [0.1, 0.15) is 24.9 Å². The molecule has 0 saturated carbocycles. The largest absolute Gasteiger partial charge is 0.481 e. The lowest BCUT2D eigenvalue weighted by molar-refractivity contribution is -0.137. The Morgan fingerprint density at radius 3 is 2.29 bits per heavy atom. The Morgan fingerprint density at radius 2 is 1.76 bits per heavy atom. The number of carboxylic acids is 1. The van der Waals surface area contributed by atoms with Crippen LogP contribution in [-0.4, -0.2) is 53.6 Å². The van der Waals surface area contributed by atoms with Gasteiger partial charge in [0.1, 0.15) is 11.6 Å². The van der Waals surface area contributed by atoms with Gasteiger partial charge in [-0.15, -0.1) is 0 Å². The molecule has 1 heterocycles. The first-order valence-electron chi connectivity index (χ1n) is 7.10. The molecule has 116 valence electrons. The zero-order valence-electron chi connectivity index (χ0n) is 12.1. The van der Waals surface area contributed by atoms with Gasteiger partial charge in [-0.25, -0.2) is 8.78 Å². The summed E-state index contributed by atoms with van der Waals surface area (Å²) in [5.41, 5.74) is 0.631. The predicted octanol–water partition coefficient (Wildman–Crippen LogP) is 2.12. The monoisotopic (exact) mass is 298 g/mol. The fourth-order valence-electron chi connectivity index (χ4n) is 2.66. The average Bonchev–Trinajstić information content (AvgIpc) is 2.44. The molecule has 1 atom stereocenters. The summed E-state index contributed by atoms with van der Waals surface area (Å²) in [4.78, 5) is 14.8. The third-order valence-electron chi connectivity index (χ3n) is 3.96. The van der Waals surface area contributed by atoms with Crippen LogP contribution in [0.2, 0.25) is 0 Å². The third-order valence-corrected chi connectivity index (χ3v) is 3.96. The highest BCUT2D eigenvalue weighted by Gasteiger charge is 2.22. The van der Waals surface area contributed by atoms with Crippen molar-refractivity contribution in [1.29, 1.82) is 0 Å². The molecule has 0 amide bonds. The van der Waals surface area contributed by atoms with Crippen LogP contribution in [0, 0.1) is 11.6 Å². The van der Waals surface area contributed by atoms with Gasteiger partial charge >= 0.3 is 5.97 Å². The zero-order valence-corrected chi connectivity index (χ0v) is 12.1. The maximum atomic E-state index is 13.3. The standard InChI is InChI=1S/C15H20F2N2O2/c1-11(12-8-13(16)10-14(17)9-12)19-6-4-18(5-7-19)3-2-15(20)21/h8-11H,2-7H2,1H3,(H,20,21). The Hall–Kier alpha value is -1.53. The molecule has 2 rings (SSSR count). The Morgan fingerprint density at radius 1 is 1.19 bits per heavy atom. The van der Waals surface area contributed by atoms with Crippen LogP contribution in [0.5, 0.6) is 0 Å². The van der Waals surface area contributed by atoms with Gasteiger partial charge in [-0.05, 0) is 24.6 Å². The molecule has 0 spiro atoms. The van der Waals surface area contributed by atoms with Gasteiger partial charge in [-0.1, -0.05) is 0 Å². The minimum Gasteiger partial charge on any atom is -0.481 e. The first kappa shape index (κ1) is 15.9. The van der Waals surface area contributed by atoms with E-state index in [-0.39, 0.29) is 12.5 Å². The van der Waals surface area contributed by atoms with E-state index in [1.54, 1.807) is 0 Å². The second-order valence-electron chi connectivity index (χ2n) is 5.40. The van der Waals surface area contributed by atoms with Crippen LogP contribution < -0.4 is 0 Å². The van der Waals surface area contributed by atoms with E-state index in [0.717, 1.165) is 32.2 Å². The summed E-state index contributed by atoms with van der Waals surface area (Å²) < 4.78 is 26.5. The lowest BCUT2D eigenvalue weighted by atomic mass is 10.1. The van der Waals surface area contributed by atoms with Crippen LogP contribution in [0.3, 0.4) is 0 Å². The van der Waals surface area contributed by atoms with Crippen molar-refractivity contribution in [3.63, 3.8) is 0 Å². The summed E-state index contributed by atoms with van der Waals surface area (Å²) in [6, 6.07) is 3.55. The lowest BCUT2D eigenvalue weighted by Crippen LogP contribution is -2.47. The fraction of sp³-hybridized carbons (Fsp3) is 0.533. The van der Waals surface area contributed by atoms with Crippen LogP contribution in [-0.2, 0) is 4.79 Å². The number of aliphatic carboxylic acids is 1. The molecule has 1 aromatic rings. The smallest absolute Gasteiger partial charge is 0.304 e. The van der Waals surface area contributed by atoms with Crippen molar-refractivity contribution in [3.05, 3.63) is 35.4 Å². The molecule has 1 saturated heterocycles. The second-order valence-corrected chi connectivity index (χ2v) is 5.40. The molecule has 21 heavy (non-hydrogen) atoms. The Balaban J connectivity index is 1.90. The Bertz CT molecular complexity index is 482. The molecule has 0 radical (unpaired) electrons. The summed E-state index contributed by atoms with van der Waals surface area (Å²) in [5, 5.41) is 8.68. The van der Waals surface area contributed by atoms with Gasteiger partial charge in [-0.3, -0.25) is 9.69 Å². The number of benzene rings is 1. The van der Waals surface area contributed by atoms with E-state index >= 15 is 0 Å². The van der Waals surface area contributed by atoms with Gasteiger partial charge in [0.2, 0.25) is 0 Å². The minimum atomic E-state index is -0.791. The predicted molar refractivity (Wildman–Crippen MR) is 75.0 cm³/mol. The molecular formula is C15H20F2N2O2. The maximum Gasteiger partial charge on any atom is 0.304 e. The molecule has 1 N–H and O–H groups in total. The molecule has 1 aliphatic heterocycles. The average molecular weight is 298 g/mol. The molecule has 1 fully saturated rings. The lowest BCUT2D eigenvalue weighted by Gasteiger charge is -2.38. The van der Waals surface area contributed by atoms with Gasteiger partial charge in [0.25, 0.3) is 0 Å². The topological polar surface area (TPSA) is 43.8 Å². The highest BCUT2D eigenvalue weighted by atomic mass is 19.1. The number of halogens is 2. The summed E-state index contributed by atoms with van der Waals surface area (Å²) in [5.74, 6) is -1.91. The summed E-state index contributed by atoms with van der Waals surface area (Å²) in [7, 11) is 0. The van der Waals surface area contributed by atoms with E-state index in [1.165, 1.54) is 12.1 Å². The van der Waals surface area contributed by atoms with Gasteiger partial charge in [-0.2, -0.15) is 0 Å². The van der Waals surface area contributed by atoms with Crippen molar-refractivity contribution < 1.29 is 18.7 Å². The number of nitrogens with zero attached hydrogens (tertiary/aromatic N) is 2. The van der Waals surface area contributed by atoms with Crippen molar-refractivity contribution in [3.8, 4) is 0 Å². The number of carboxylic acid groups (broad SMARTS) is 1. The SMILES string of the molecule is CC(c1cc(F)cc(F)c1)N1CCN(CCC(=O)O)CC1. The van der Waals surface area contributed by atoms with E-state index in [0.29, 0.717) is 12.1 Å². The Kier molecular flexibility index (Phi) is 5.25. The van der Waals surface area contributed by atoms with Gasteiger partial charge < -0.3 is 10.0 Å². The number of hydrogen-bond donors (Lipinski definition) is 1. The fourth-order valence-corrected chi connectivity index (χ4v) is 2.66. The minimum absolute atomic E-state index is 0.0585. The molecule has 0 aliphatic carbocycles. The highest BCUT2D eigenvalue weighted by molar-refractivity contribution is 5.66. The Labute approximate surface area is 123 Å². The van der Waals surface area contributed by atoms with E-state index in [9.17, 15) is 13.6 Å². The maximum absolute atomic E-state index is 13.3. The molecule has 4 nitrogen and oxygen atoms in total. The van der Waals surface area contributed by atoms with Crippen LogP contribution in [0.25, 0.3) is 0 Å². The molecule has 1 unspecified atom stereocenters. The summed E-state index contributed by atoms with van der Waals surface area (Å²) in [6.45, 7) is 5.55. The number of hydrogen-bond acceptors (Lipinski definition) is 3. The molecule has 6 heteroatoms. The normalized spacial score (nSPS) is 18.6. The van der Waals surface area contributed by atoms with E-state index in [1.807, 2.05) is 6.92 Å². The van der Waals surface area contributed by atoms with Crippen LogP contribution in [0.4, 0.5) is 8.78 Å². The van der Waals surface area contributed by atoms with E-state index in [2.05, 4.69) is 9.80 Å². The van der Waals surface area contributed by atoms with E-state index < -0.39 is 17.6 Å². The molecular weight excluding hydrogens is 278 g/mol. The van der Waals surface area contributed by atoms with Crippen molar-refractivity contribution in [1.82, 2.24) is 9.80 Å². The molecule has 0 bridgehead atoms. The van der Waals surface area contributed by atoms with Crippen LogP contribution >= 0.6 is 0 Å². The first-order valence-corrected chi connectivity index (χ1v) is 7.10. The quantitative estimate of drug-likeness (QED) is 0.904. The van der Waals surface area contributed by atoms with Crippen molar-refractivity contribution >= 4 is 5.97 Å². The van der Waals surface area contributed by atoms with Crippen molar-refractivity contribution in [2.75, 3.05) is 32.7 Å². The van der Waals surface area contributed by atoms with Crippen molar-refractivity contribution in [2.24, 2.45) is 0 Å². The third kappa shape index (κ3) is 4.47. The summed E-state index contributed by atoms with van der Waals surface area (Å²) in [6.07, 6.45) is 0.144. The first-order chi connectivity index (χ1) is 9.95. The van der Waals surface area contributed by atoms with Gasteiger partial charge in [0, 0.05) is 44.8 Å². The van der Waals surface area contributed by atoms with Crippen molar-refractivity contribution in [2.45, 2.75) is 19.4 Å². The highest BCUT2D eigenvalue weighted by Crippen LogP contribution is 2.23. The number of carbonyl (C=O) groups is 1. The second kappa shape index (κ2) is 6.95. The zero-order chi connectivity index (χ0) is 15.4. The molecule has 1 aromatic carbocycles. The van der Waals surface area contributed by atoms with E-state index in [4.69, 9.17) is 5.11 Å². The number of rotatable bonds is 5. The van der Waals surface area contributed by atoms with Crippen LogP contribution in [0.15, 0.2) is 18.2 Å². The molecule has 0 aromatic heterocycles.